The van der Waals surface area contributed by atoms with Gasteiger partial charge >= 0.3 is 5.97 Å². The minimum atomic E-state index is -0.963. The van der Waals surface area contributed by atoms with Crippen molar-refractivity contribution < 1.29 is 18.7 Å². The van der Waals surface area contributed by atoms with Crippen molar-refractivity contribution in [2.45, 2.75) is 58.1 Å². The van der Waals surface area contributed by atoms with Crippen LogP contribution in [-0.2, 0) is 9.53 Å². The summed E-state index contributed by atoms with van der Waals surface area (Å²) >= 11 is 0. The quantitative estimate of drug-likeness (QED) is 0.815. The average molecular weight is 347 g/mol. The number of fused-ring (bicyclic) bond motifs is 1. The van der Waals surface area contributed by atoms with Gasteiger partial charge in [-0.15, -0.1) is 0 Å². The Kier molecular flexibility index (Phi) is 4.87. The topological polar surface area (TPSA) is 114 Å². The van der Waals surface area contributed by atoms with Crippen LogP contribution >= 0.6 is 0 Å². The maximum atomic E-state index is 12.5. The minimum absolute atomic E-state index is 0.00154. The highest BCUT2D eigenvalue weighted by Crippen LogP contribution is 2.22. The number of esters is 1. The molecule has 134 valence electrons. The maximum Gasteiger partial charge on any atom is 0.343 e. The smallest absolute Gasteiger partial charge is 0.343 e. The van der Waals surface area contributed by atoms with Gasteiger partial charge in [-0.3, -0.25) is 9.59 Å². The Balaban J connectivity index is 1.72. The molecule has 1 saturated carbocycles. The second kappa shape index (κ2) is 7.08. The Labute approximate surface area is 144 Å². The summed E-state index contributed by atoms with van der Waals surface area (Å²) in [5, 5.41) is 2.94. The average Bonchev–Trinajstić information content (AvgIpc) is 2.93. The largest absolute Gasteiger partial charge is 0.449 e. The van der Waals surface area contributed by atoms with Gasteiger partial charge in [-0.1, -0.05) is 19.3 Å². The highest BCUT2D eigenvalue weighted by molar-refractivity contribution is 6.04. The monoisotopic (exact) mass is 347 g/mol. The lowest BCUT2D eigenvalue weighted by atomic mass is 9.95. The van der Waals surface area contributed by atoms with E-state index in [-0.39, 0.29) is 34.4 Å². The van der Waals surface area contributed by atoms with E-state index in [1.807, 2.05) is 0 Å². The lowest BCUT2D eigenvalue weighted by Gasteiger charge is -2.24. The van der Waals surface area contributed by atoms with Gasteiger partial charge in [-0.05, 0) is 26.7 Å². The van der Waals surface area contributed by atoms with Crippen molar-refractivity contribution in [3.8, 4) is 0 Å². The highest BCUT2D eigenvalue weighted by Gasteiger charge is 2.27. The van der Waals surface area contributed by atoms with Crippen molar-refractivity contribution in [3.63, 3.8) is 0 Å². The second-order valence-electron chi connectivity index (χ2n) is 6.34. The summed E-state index contributed by atoms with van der Waals surface area (Å²) in [4.78, 5) is 42.9. The molecule has 0 aromatic carbocycles. The molecule has 1 fully saturated rings. The van der Waals surface area contributed by atoms with Crippen molar-refractivity contribution in [1.82, 2.24) is 15.3 Å². The van der Waals surface area contributed by atoms with Crippen LogP contribution in [0.5, 0.6) is 0 Å². The first-order chi connectivity index (χ1) is 12.0. The minimum Gasteiger partial charge on any atom is -0.449 e. The number of ether oxygens (including phenoxy) is 1. The van der Waals surface area contributed by atoms with E-state index in [1.54, 1.807) is 6.92 Å². The van der Waals surface area contributed by atoms with Gasteiger partial charge in [0.15, 0.2) is 6.10 Å². The Morgan fingerprint density at radius 3 is 2.80 bits per heavy atom. The Morgan fingerprint density at radius 2 is 2.08 bits per heavy atom. The number of nitrogens with one attached hydrogen (secondary N) is 2. The molecular weight excluding hydrogens is 326 g/mol. The van der Waals surface area contributed by atoms with Crippen molar-refractivity contribution in [2.24, 2.45) is 0 Å². The van der Waals surface area contributed by atoms with Gasteiger partial charge in [0, 0.05) is 6.04 Å². The zero-order valence-corrected chi connectivity index (χ0v) is 14.3. The molecule has 0 spiro atoms. The Morgan fingerprint density at radius 1 is 1.36 bits per heavy atom. The molecule has 1 atom stereocenters. The molecule has 8 heteroatoms. The molecule has 3 rings (SSSR count). The third kappa shape index (κ3) is 3.57. The van der Waals surface area contributed by atoms with Crippen LogP contribution in [-0.4, -0.2) is 34.0 Å². The van der Waals surface area contributed by atoms with Gasteiger partial charge in [-0.2, -0.15) is 0 Å². The fraction of sp³-hybridized carbons (Fsp3) is 0.529. The standard InChI is InChI=1S/C17H21N3O5/c1-9-12(13-15(22)18-8-19-16(13)24-9)17(23)25-10(2)14(21)20-11-6-4-3-5-7-11/h8,10-11H,3-7H2,1-2H3,(H,20,21)(H,18,19,22)/t10-/m0/s1. The molecule has 0 unspecified atom stereocenters. The van der Waals surface area contributed by atoms with Crippen molar-refractivity contribution >= 4 is 23.0 Å². The number of aromatic amines is 1. The number of aryl methyl sites for hydroxylation is 1. The predicted octanol–water partition coefficient (Wildman–Crippen LogP) is 1.82. The van der Waals surface area contributed by atoms with Crippen LogP contribution in [0.25, 0.3) is 11.1 Å². The number of nitrogens with zero attached hydrogens (tertiary/aromatic N) is 1. The summed E-state index contributed by atoms with van der Waals surface area (Å²) in [6, 6.07) is 0.130. The zero-order chi connectivity index (χ0) is 18.0. The summed E-state index contributed by atoms with van der Waals surface area (Å²) in [7, 11) is 0. The number of carbonyl (C=O) groups excluding carboxylic acids is 2. The molecule has 0 bridgehead atoms. The molecule has 1 aliphatic rings. The molecule has 1 amide bonds. The van der Waals surface area contributed by atoms with Gasteiger partial charge < -0.3 is 19.5 Å². The molecule has 8 nitrogen and oxygen atoms in total. The van der Waals surface area contributed by atoms with Crippen LogP contribution in [0.15, 0.2) is 15.5 Å². The van der Waals surface area contributed by atoms with Gasteiger partial charge in [0.25, 0.3) is 11.5 Å². The van der Waals surface area contributed by atoms with E-state index < -0.39 is 17.6 Å². The van der Waals surface area contributed by atoms with Crippen molar-refractivity contribution in [1.29, 1.82) is 0 Å². The number of aromatic nitrogens is 2. The van der Waals surface area contributed by atoms with Gasteiger partial charge in [0.05, 0.1) is 6.33 Å². The van der Waals surface area contributed by atoms with Gasteiger partial charge in [-0.25, -0.2) is 9.78 Å². The first-order valence-corrected chi connectivity index (χ1v) is 8.45. The van der Waals surface area contributed by atoms with Crippen LogP contribution in [0, 0.1) is 6.92 Å². The van der Waals surface area contributed by atoms with Crippen LogP contribution in [0.1, 0.15) is 55.1 Å². The molecular formula is C17H21N3O5. The molecule has 0 radical (unpaired) electrons. The normalized spacial score (nSPS) is 16.6. The van der Waals surface area contributed by atoms with E-state index in [0.717, 1.165) is 25.7 Å². The summed E-state index contributed by atoms with van der Waals surface area (Å²) < 4.78 is 10.6. The van der Waals surface area contributed by atoms with Crippen LogP contribution < -0.4 is 10.9 Å². The van der Waals surface area contributed by atoms with E-state index in [4.69, 9.17) is 9.15 Å². The van der Waals surface area contributed by atoms with Gasteiger partial charge in [0.1, 0.15) is 16.7 Å². The Hall–Kier alpha value is -2.64. The lowest BCUT2D eigenvalue weighted by Crippen LogP contribution is -2.42. The first kappa shape index (κ1) is 17.2. The Bertz CT molecular complexity index is 848. The number of H-pyrrole nitrogens is 1. The van der Waals surface area contributed by atoms with E-state index in [1.165, 1.54) is 19.7 Å². The van der Waals surface area contributed by atoms with E-state index in [0.29, 0.717) is 0 Å². The molecule has 2 aromatic heterocycles. The summed E-state index contributed by atoms with van der Waals surface area (Å²) in [5.74, 6) is -0.886. The third-order valence-electron chi connectivity index (χ3n) is 4.48. The number of amides is 1. The SMILES string of the molecule is Cc1oc2nc[nH]c(=O)c2c1C(=O)O[C@@H](C)C(=O)NC1CCCCC1. The third-order valence-corrected chi connectivity index (χ3v) is 4.48. The van der Waals surface area contributed by atoms with Crippen molar-refractivity contribution in [3.05, 3.63) is 28.0 Å². The van der Waals surface area contributed by atoms with Gasteiger partial charge in [0.2, 0.25) is 5.71 Å². The number of carbonyl (C=O) groups is 2. The number of furan rings is 1. The molecule has 0 saturated heterocycles. The summed E-state index contributed by atoms with van der Waals surface area (Å²) in [6.45, 7) is 3.06. The molecule has 2 N–H and O–H groups in total. The zero-order valence-electron chi connectivity index (χ0n) is 14.3. The molecule has 2 heterocycles. The fourth-order valence-electron chi connectivity index (χ4n) is 3.14. The number of hydrogen-bond donors (Lipinski definition) is 2. The first-order valence-electron chi connectivity index (χ1n) is 8.45. The van der Waals surface area contributed by atoms with Crippen molar-refractivity contribution in [2.75, 3.05) is 0 Å². The van der Waals surface area contributed by atoms with E-state index in [2.05, 4.69) is 15.3 Å². The maximum absolute atomic E-state index is 12.5. The molecule has 25 heavy (non-hydrogen) atoms. The highest BCUT2D eigenvalue weighted by atomic mass is 16.5. The van der Waals surface area contributed by atoms with Crippen LogP contribution in [0.3, 0.4) is 0 Å². The fourth-order valence-corrected chi connectivity index (χ4v) is 3.14. The van der Waals surface area contributed by atoms with Crippen LogP contribution in [0.2, 0.25) is 0 Å². The predicted molar refractivity (Wildman–Crippen MR) is 89.3 cm³/mol. The summed E-state index contributed by atoms with van der Waals surface area (Å²) in [6.07, 6.45) is 5.49. The molecule has 0 aliphatic heterocycles. The molecule has 2 aromatic rings. The number of rotatable bonds is 4. The second-order valence-corrected chi connectivity index (χ2v) is 6.34. The van der Waals surface area contributed by atoms with E-state index in [9.17, 15) is 14.4 Å². The van der Waals surface area contributed by atoms with E-state index >= 15 is 0 Å². The number of hydrogen-bond acceptors (Lipinski definition) is 6. The lowest BCUT2D eigenvalue weighted by molar-refractivity contribution is -0.130. The van der Waals surface area contributed by atoms with Crippen LogP contribution in [0.4, 0.5) is 0 Å². The molecule has 1 aliphatic carbocycles. The summed E-state index contributed by atoms with van der Waals surface area (Å²) in [5.41, 5.74) is -0.428.